The van der Waals surface area contributed by atoms with Gasteiger partial charge in [0.05, 0.1) is 0 Å². The van der Waals surface area contributed by atoms with E-state index in [9.17, 15) is 0 Å². The lowest BCUT2D eigenvalue weighted by Crippen LogP contribution is -2.72. The molecule has 0 amide bonds. The standard InChI is InChI=1S/C18H36N4/c1-7-21-12-9-15(10-13-21)8-11-20-16(19-6)22-14-17(2,3)18(22,4)5/h15H,7-14H2,1-6H3,(H,19,20). The summed E-state index contributed by atoms with van der Waals surface area (Å²) in [6.45, 7) is 17.5. The van der Waals surface area contributed by atoms with E-state index in [2.05, 4.69) is 54.7 Å². The number of hydrogen-bond donors (Lipinski definition) is 1. The van der Waals surface area contributed by atoms with Gasteiger partial charge in [0.2, 0.25) is 0 Å². The number of nitrogens with zero attached hydrogens (tertiary/aromatic N) is 3. The minimum atomic E-state index is 0.182. The predicted molar refractivity (Wildman–Crippen MR) is 95.4 cm³/mol. The number of piperidine rings is 1. The molecule has 128 valence electrons. The Labute approximate surface area is 137 Å². The zero-order valence-electron chi connectivity index (χ0n) is 15.6. The van der Waals surface area contributed by atoms with E-state index in [1.165, 1.54) is 38.9 Å². The fourth-order valence-corrected chi connectivity index (χ4v) is 3.67. The Hall–Kier alpha value is -0.770. The number of rotatable bonds is 4. The molecule has 0 aromatic heterocycles. The Balaban J connectivity index is 1.74. The molecular formula is C18H36N4. The quantitative estimate of drug-likeness (QED) is 0.640. The molecule has 2 heterocycles. The fourth-order valence-electron chi connectivity index (χ4n) is 3.67. The van der Waals surface area contributed by atoms with Crippen molar-refractivity contribution < 1.29 is 0 Å². The number of nitrogens with one attached hydrogen (secondary N) is 1. The lowest BCUT2D eigenvalue weighted by Gasteiger charge is -2.62. The van der Waals surface area contributed by atoms with Crippen LogP contribution in [0.15, 0.2) is 4.99 Å². The third kappa shape index (κ3) is 3.42. The first kappa shape index (κ1) is 17.6. The second-order valence-corrected chi connectivity index (χ2v) is 8.17. The summed E-state index contributed by atoms with van der Waals surface area (Å²) in [5.41, 5.74) is 0.541. The first-order chi connectivity index (χ1) is 10.3. The SMILES string of the molecule is CCN1CCC(CCNC(=NC)N2CC(C)(C)C2(C)C)CC1. The highest BCUT2D eigenvalue weighted by molar-refractivity contribution is 5.81. The van der Waals surface area contributed by atoms with Crippen LogP contribution in [0, 0.1) is 11.3 Å². The highest BCUT2D eigenvalue weighted by Gasteiger charge is 2.53. The summed E-state index contributed by atoms with van der Waals surface area (Å²) in [5, 5.41) is 3.60. The summed E-state index contributed by atoms with van der Waals surface area (Å²) in [5.74, 6) is 1.96. The highest BCUT2D eigenvalue weighted by Crippen LogP contribution is 2.46. The Morgan fingerprint density at radius 2 is 1.82 bits per heavy atom. The van der Waals surface area contributed by atoms with Gasteiger partial charge < -0.3 is 15.1 Å². The van der Waals surface area contributed by atoms with Crippen LogP contribution in [-0.4, -0.2) is 61.1 Å². The van der Waals surface area contributed by atoms with Gasteiger partial charge in [0, 0.05) is 31.1 Å². The second-order valence-electron chi connectivity index (χ2n) is 8.17. The minimum absolute atomic E-state index is 0.182. The van der Waals surface area contributed by atoms with Crippen molar-refractivity contribution in [1.82, 2.24) is 15.1 Å². The largest absolute Gasteiger partial charge is 0.356 e. The van der Waals surface area contributed by atoms with Crippen LogP contribution in [0.5, 0.6) is 0 Å². The lowest BCUT2D eigenvalue weighted by atomic mass is 9.65. The maximum absolute atomic E-state index is 4.50. The first-order valence-electron chi connectivity index (χ1n) is 9.02. The van der Waals surface area contributed by atoms with Crippen LogP contribution < -0.4 is 5.32 Å². The van der Waals surface area contributed by atoms with Gasteiger partial charge in [0.15, 0.2) is 5.96 Å². The fraction of sp³-hybridized carbons (Fsp3) is 0.944. The molecule has 0 unspecified atom stereocenters. The summed E-state index contributed by atoms with van der Waals surface area (Å²) in [6.07, 6.45) is 3.99. The number of hydrogen-bond acceptors (Lipinski definition) is 2. The van der Waals surface area contributed by atoms with E-state index >= 15 is 0 Å². The van der Waals surface area contributed by atoms with Crippen LogP contribution in [0.1, 0.15) is 53.9 Å². The van der Waals surface area contributed by atoms with Gasteiger partial charge >= 0.3 is 0 Å². The molecule has 0 aromatic rings. The van der Waals surface area contributed by atoms with Crippen molar-refractivity contribution in [1.29, 1.82) is 0 Å². The Morgan fingerprint density at radius 3 is 2.27 bits per heavy atom. The molecule has 2 rings (SSSR count). The average Bonchev–Trinajstić information content (AvgIpc) is 2.50. The molecule has 0 radical (unpaired) electrons. The van der Waals surface area contributed by atoms with E-state index in [-0.39, 0.29) is 5.54 Å². The summed E-state index contributed by atoms with van der Waals surface area (Å²) < 4.78 is 0. The van der Waals surface area contributed by atoms with Gasteiger partial charge in [0.25, 0.3) is 0 Å². The molecule has 2 saturated heterocycles. The van der Waals surface area contributed by atoms with Crippen LogP contribution in [0.4, 0.5) is 0 Å². The molecule has 22 heavy (non-hydrogen) atoms. The molecule has 0 spiro atoms. The molecule has 0 aromatic carbocycles. The summed E-state index contributed by atoms with van der Waals surface area (Å²) in [6, 6.07) is 0. The molecule has 2 fully saturated rings. The van der Waals surface area contributed by atoms with Crippen LogP contribution in [-0.2, 0) is 0 Å². The first-order valence-corrected chi connectivity index (χ1v) is 9.02. The zero-order chi connectivity index (χ0) is 16.4. The van der Waals surface area contributed by atoms with Gasteiger partial charge in [-0.15, -0.1) is 0 Å². The van der Waals surface area contributed by atoms with E-state index in [1.807, 2.05) is 7.05 Å². The van der Waals surface area contributed by atoms with E-state index in [1.54, 1.807) is 0 Å². The van der Waals surface area contributed by atoms with Crippen LogP contribution in [0.25, 0.3) is 0 Å². The normalized spacial score (nSPS) is 25.9. The number of likely N-dealkylation sites (tertiary alicyclic amines) is 2. The second kappa shape index (κ2) is 6.77. The zero-order valence-corrected chi connectivity index (χ0v) is 15.6. The molecule has 2 aliphatic rings. The maximum Gasteiger partial charge on any atom is 0.194 e. The molecule has 0 atom stereocenters. The molecule has 4 nitrogen and oxygen atoms in total. The van der Waals surface area contributed by atoms with Gasteiger partial charge in [-0.25, -0.2) is 0 Å². The van der Waals surface area contributed by atoms with Crippen molar-refractivity contribution >= 4 is 5.96 Å². The minimum Gasteiger partial charge on any atom is -0.356 e. The summed E-state index contributed by atoms with van der Waals surface area (Å²) in [4.78, 5) is 9.49. The van der Waals surface area contributed by atoms with E-state index in [4.69, 9.17) is 0 Å². The van der Waals surface area contributed by atoms with Crippen molar-refractivity contribution in [3.63, 3.8) is 0 Å². The third-order valence-electron chi connectivity index (χ3n) is 6.34. The molecule has 0 saturated carbocycles. The lowest BCUT2D eigenvalue weighted by molar-refractivity contribution is -0.0667. The van der Waals surface area contributed by atoms with E-state index in [0.29, 0.717) is 5.41 Å². The third-order valence-corrected chi connectivity index (χ3v) is 6.34. The van der Waals surface area contributed by atoms with Crippen molar-refractivity contribution in [3.05, 3.63) is 0 Å². The highest BCUT2D eigenvalue weighted by atomic mass is 15.4. The number of guanidine groups is 1. The Kier molecular flexibility index (Phi) is 5.41. The topological polar surface area (TPSA) is 30.9 Å². The molecule has 1 N–H and O–H groups in total. The molecule has 0 bridgehead atoms. The number of aliphatic imine (C=N–C) groups is 1. The van der Waals surface area contributed by atoms with Crippen LogP contribution in [0.2, 0.25) is 0 Å². The van der Waals surface area contributed by atoms with E-state index in [0.717, 1.165) is 25.0 Å². The van der Waals surface area contributed by atoms with Gasteiger partial charge in [0.1, 0.15) is 0 Å². The van der Waals surface area contributed by atoms with Gasteiger partial charge in [-0.05, 0) is 58.7 Å². The smallest absolute Gasteiger partial charge is 0.194 e. The van der Waals surface area contributed by atoms with Crippen molar-refractivity contribution in [2.75, 3.05) is 39.8 Å². The molecule has 2 aliphatic heterocycles. The maximum atomic E-state index is 4.50. The van der Waals surface area contributed by atoms with E-state index < -0.39 is 0 Å². The Bertz CT molecular complexity index is 392. The van der Waals surface area contributed by atoms with Crippen LogP contribution in [0.3, 0.4) is 0 Å². The van der Waals surface area contributed by atoms with Gasteiger partial charge in [-0.1, -0.05) is 20.8 Å². The van der Waals surface area contributed by atoms with Gasteiger partial charge in [-0.2, -0.15) is 0 Å². The monoisotopic (exact) mass is 308 g/mol. The molecular weight excluding hydrogens is 272 g/mol. The summed E-state index contributed by atoms with van der Waals surface area (Å²) in [7, 11) is 1.91. The predicted octanol–water partition coefficient (Wildman–Crippen LogP) is 2.80. The van der Waals surface area contributed by atoms with Crippen molar-refractivity contribution in [2.45, 2.75) is 59.4 Å². The Morgan fingerprint density at radius 1 is 1.18 bits per heavy atom. The van der Waals surface area contributed by atoms with Gasteiger partial charge in [-0.3, -0.25) is 4.99 Å². The molecule has 0 aliphatic carbocycles. The molecule has 4 heteroatoms. The summed E-state index contributed by atoms with van der Waals surface area (Å²) >= 11 is 0. The van der Waals surface area contributed by atoms with Crippen molar-refractivity contribution in [2.24, 2.45) is 16.3 Å². The van der Waals surface area contributed by atoms with Crippen LogP contribution >= 0.6 is 0 Å². The average molecular weight is 309 g/mol. The van der Waals surface area contributed by atoms with Crippen molar-refractivity contribution in [3.8, 4) is 0 Å².